The summed E-state index contributed by atoms with van der Waals surface area (Å²) < 4.78 is 23.3. The topological polar surface area (TPSA) is 89.0 Å². The van der Waals surface area contributed by atoms with E-state index in [1.165, 1.54) is 12.1 Å². The normalized spacial score (nSPS) is 18.1. The van der Waals surface area contributed by atoms with Gasteiger partial charge in [0, 0.05) is 43.0 Å². The Balaban J connectivity index is 1.58. The van der Waals surface area contributed by atoms with Crippen LogP contribution in [0.3, 0.4) is 0 Å². The predicted molar refractivity (Wildman–Crippen MR) is 140 cm³/mol. The van der Waals surface area contributed by atoms with Crippen molar-refractivity contribution in [3.05, 3.63) is 65.9 Å². The highest BCUT2D eigenvalue weighted by molar-refractivity contribution is 5.96. The fourth-order valence-corrected chi connectivity index (χ4v) is 5.65. The largest absolute Gasteiger partial charge is 0.496 e. The highest BCUT2D eigenvalue weighted by Gasteiger charge is 2.42. The van der Waals surface area contributed by atoms with E-state index in [-0.39, 0.29) is 11.7 Å². The van der Waals surface area contributed by atoms with Crippen LogP contribution in [0.5, 0.6) is 5.75 Å². The summed E-state index contributed by atoms with van der Waals surface area (Å²) >= 11 is 0. The Bertz CT molecular complexity index is 1610. The van der Waals surface area contributed by atoms with Crippen molar-refractivity contribution in [2.45, 2.75) is 38.3 Å². The number of carbonyl (C=O) groups excluding carboxylic acids is 1. The molecular formula is C29H27FN6O2. The first-order valence-corrected chi connectivity index (χ1v) is 12.6. The first-order valence-electron chi connectivity index (χ1n) is 12.6. The zero-order valence-corrected chi connectivity index (χ0v) is 21.5. The number of hydrogen-bond donors (Lipinski definition) is 0. The second kappa shape index (κ2) is 8.84. The van der Waals surface area contributed by atoms with E-state index >= 15 is 0 Å². The van der Waals surface area contributed by atoms with Crippen molar-refractivity contribution in [1.29, 1.82) is 5.26 Å². The molecule has 4 aromatic rings. The van der Waals surface area contributed by atoms with E-state index in [1.54, 1.807) is 35.7 Å². The second-order valence-corrected chi connectivity index (χ2v) is 10.1. The lowest BCUT2D eigenvalue weighted by Gasteiger charge is -2.29. The SMILES string of the molecule is COc1cc2c(cc1-c1ccn(C)n1)-c1c(-c3ccc(F)cc3)nc(C(=O)N3CCC[C@]3(C)C#N)n1CC2. The number of nitrogens with zero attached hydrogens (tertiary/aromatic N) is 6. The van der Waals surface area contributed by atoms with Gasteiger partial charge < -0.3 is 14.2 Å². The minimum absolute atomic E-state index is 0.261. The number of halogens is 1. The molecule has 4 heterocycles. The molecular weight excluding hydrogens is 483 g/mol. The van der Waals surface area contributed by atoms with Gasteiger partial charge in [0.05, 0.1) is 30.3 Å². The number of imidazole rings is 1. The Morgan fingerprint density at radius 1 is 1.16 bits per heavy atom. The third kappa shape index (κ3) is 3.67. The Morgan fingerprint density at radius 3 is 2.63 bits per heavy atom. The van der Waals surface area contributed by atoms with Gasteiger partial charge in [-0.3, -0.25) is 9.48 Å². The van der Waals surface area contributed by atoms with Crippen LogP contribution in [-0.2, 0) is 20.0 Å². The van der Waals surface area contributed by atoms with Crippen LogP contribution in [0, 0.1) is 17.1 Å². The molecule has 0 aliphatic carbocycles. The monoisotopic (exact) mass is 510 g/mol. The predicted octanol–water partition coefficient (Wildman–Crippen LogP) is 4.84. The average molecular weight is 511 g/mol. The summed E-state index contributed by atoms with van der Waals surface area (Å²) in [6.07, 6.45) is 3.95. The molecule has 1 saturated heterocycles. The smallest absolute Gasteiger partial charge is 0.291 e. The molecule has 9 heteroatoms. The fraction of sp³-hybridized carbons (Fsp3) is 0.310. The Labute approximate surface area is 219 Å². The van der Waals surface area contributed by atoms with Crippen LogP contribution < -0.4 is 4.74 Å². The lowest BCUT2D eigenvalue weighted by Crippen LogP contribution is -2.45. The van der Waals surface area contributed by atoms with E-state index in [2.05, 4.69) is 11.2 Å². The molecule has 2 aliphatic rings. The third-order valence-electron chi connectivity index (χ3n) is 7.68. The van der Waals surface area contributed by atoms with Gasteiger partial charge in [0.2, 0.25) is 0 Å². The molecule has 8 nitrogen and oxygen atoms in total. The van der Waals surface area contributed by atoms with Crippen LogP contribution in [0.15, 0.2) is 48.7 Å². The summed E-state index contributed by atoms with van der Waals surface area (Å²) in [6, 6.07) is 14.5. The number of ether oxygens (including phenoxy) is 1. The third-order valence-corrected chi connectivity index (χ3v) is 7.68. The van der Waals surface area contributed by atoms with Crippen molar-refractivity contribution in [3.8, 4) is 45.6 Å². The summed E-state index contributed by atoms with van der Waals surface area (Å²) in [5, 5.41) is 14.4. The standard InChI is InChI=1S/C29H27FN6O2/c1-29(17-31)11-4-12-36(29)28(37)27-32-25(18-5-7-20(30)8-6-18)26-21-16-22(23-10-13-34(2)33-23)24(38-3)15-19(21)9-14-35(26)27/h5-8,10,13,15-16H,4,9,11-12,14H2,1-3H3/t29-/m1/s1. The summed E-state index contributed by atoms with van der Waals surface area (Å²) in [5.74, 6) is 0.408. The zero-order valence-electron chi connectivity index (χ0n) is 21.5. The zero-order chi connectivity index (χ0) is 26.6. The quantitative estimate of drug-likeness (QED) is 0.392. The van der Waals surface area contributed by atoms with Gasteiger partial charge in [-0.1, -0.05) is 0 Å². The van der Waals surface area contributed by atoms with Gasteiger partial charge in [-0.15, -0.1) is 0 Å². The van der Waals surface area contributed by atoms with Crippen LogP contribution in [-0.4, -0.2) is 49.3 Å². The first-order chi connectivity index (χ1) is 18.3. The van der Waals surface area contributed by atoms with Crippen LogP contribution in [0.2, 0.25) is 0 Å². The molecule has 192 valence electrons. The highest BCUT2D eigenvalue weighted by atomic mass is 19.1. The van der Waals surface area contributed by atoms with Gasteiger partial charge in [0.25, 0.3) is 5.91 Å². The van der Waals surface area contributed by atoms with E-state index < -0.39 is 5.54 Å². The molecule has 0 N–H and O–H groups in total. The Morgan fingerprint density at radius 2 is 1.95 bits per heavy atom. The number of hydrogen-bond acceptors (Lipinski definition) is 5. The van der Waals surface area contributed by atoms with Crippen molar-refractivity contribution in [2.24, 2.45) is 7.05 Å². The molecule has 38 heavy (non-hydrogen) atoms. The van der Waals surface area contributed by atoms with Gasteiger partial charge in [-0.25, -0.2) is 9.37 Å². The van der Waals surface area contributed by atoms with Crippen molar-refractivity contribution >= 4 is 5.91 Å². The van der Waals surface area contributed by atoms with Gasteiger partial charge >= 0.3 is 0 Å². The van der Waals surface area contributed by atoms with Gasteiger partial charge in [0.1, 0.15) is 17.1 Å². The number of rotatable bonds is 4. The molecule has 0 unspecified atom stereocenters. The number of benzene rings is 2. The first kappa shape index (κ1) is 23.9. The van der Waals surface area contributed by atoms with E-state index in [4.69, 9.17) is 9.72 Å². The molecule has 1 fully saturated rings. The lowest BCUT2D eigenvalue weighted by atomic mass is 9.92. The maximum absolute atomic E-state index is 13.9. The highest BCUT2D eigenvalue weighted by Crippen LogP contribution is 2.43. The number of amides is 1. The maximum atomic E-state index is 13.9. The van der Waals surface area contributed by atoms with Crippen molar-refractivity contribution in [2.75, 3.05) is 13.7 Å². The average Bonchev–Trinajstić information content (AvgIpc) is 3.65. The number of nitriles is 1. The van der Waals surface area contributed by atoms with Crippen LogP contribution in [0.1, 0.15) is 35.9 Å². The molecule has 2 aliphatic heterocycles. The summed E-state index contributed by atoms with van der Waals surface area (Å²) in [6.45, 7) is 2.86. The van der Waals surface area contributed by atoms with E-state index in [1.807, 2.05) is 36.0 Å². The Hall–Kier alpha value is -4.45. The Kier molecular flexibility index (Phi) is 5.56. The molecule has 2 aromatic heterocycles. The number of fused-ring (bicyclic) bond motifs is 3. The van der Waals surface area contributed by atoms with Crippen LogP contribution in [0.25, 0.3) is 33.8 Å². The molecule has 0 radical (unpaired) electrons. The van der Waals surface area contributed by atoms with Crippen LogP contribution in [0.4, 0.5) is 4.39 Å². The second-order valence-electron chi connectivity index (χ2n) is 10.1. The molecule has 1 amide bonds. The number of methoxy groups -OCH3 is 1. The number of likely N-dealkylation sites (tertiary alicyclic amines) is 1. The van der Waals surface area contributed by atoms with Gasteiger partial charge in [-0.05, 0) is 74.2 Å². The van der Waals surface area contributed by atoms with E-state index in [0.29, 0.717) is 43.0 Å². The maximum Gasteiger partial charge on any atom is 0.291 e. The molecule has 0 saturated carbocycles. The summed E-state index contributed by atoms with van der Waals surface area (Å²) in [4.78, 5) is 20.4. The molecule has 1 atom stereocenters. The van der Waals surface area contributed by atoms with E-state index in [0.717, 1.165) is 40.2 Å². The van der Waals surface area contributed by atoms with Gasteiger partial charge in [0.15, 0.2) is 5.82 Å². The van der Waals surface area contributed by atoms with E-state index in [9.17, 15) is 14.4 Å². The van der Waals surface area contributed by atoms with Crippen LogP contribution >= 0.6 is 0 Å². The summed E-state index contributed by atoms with van der Waals surface area (Å²) in [7, 11) is 3.51. The molecule has 0 bridgehead atoms. The lowest BCUT2D eigenvalue weighted by molar-refractivity contribution is 0.0675. The van der Waals surface area contributed by atoms with Gasteiger partial charge in [-0.2, -0.15) is 10.4 Å². The van der Waals surface area contributed by atoms with Crippen molar-refractivity contribution in [3.63, 3.8) is 0 Å². The number of aromatic nitrogens is 4. The number of carbonyl (C=O) groups is 1. The van der Waals surface area contributed by atoms with Crippen molar-refractivity contribution in [1.82, 2.24) is 24.2 Å². The molecule has 6 rings (SSSR count). The minimum Gasteiger partial charge on any atom is -0.496 e. The molecule has 2 aromatic carbocycles. The fourth-order valence-electron chi connectivity index (χ4n) is 5.65. The summed E-state index contributed by atoms with van der Waals surface area (Å²) in [5.41, 5.74) is 4.82. The van der Waals surface area contributed by atoms with Crippen molar-refractivity contribution < 1.29 is 13.9 Å². The molecule has 0 spiro atoms. The number of aryl methyl sites for hydroxylation is 2. The minimum atomic E-state index is -0.869.